The number of rotatable bonds is 5. The average Bonchev–Trinajstić information content (AvgIpc) is 3.21. The zero-order chi connectivity index (χ0) is 24.7. The molecular formula is C22H14Cl4N4O3S. The van der Waals surface area contributed by atoms with Crippen LogP contribution < -0.4 is 15.5 Å². The summed E-state index contributed by atoms with van der Waals surface area (Å²) < 4.78 is 0. The van der Waals surface area contributed by atoms with Gasteiger partial charge in [-0.15, -0.1) is 11.3 Å². The highest BCUT2D eigenvalue weighted by molar-refractivity contribution is 7.15. The number of aromatic nitrogens is 1. The Bertz CT molecular complexity index is 1370. The molecule has 1 aliphatic heterocycles. The third-order valence-electron chi connectivity index (χ3n) is 4.92. The number of carbonyl (C=O) groups is 3. The second-order valence-corrected chi connectivity index (χ2v) is 9.97. The highest BCUT2D eigenvalue weighted by atomic mass is 35.5. The van der Waals surface area contributed by atoms with Crippen LogP contribution in [-0.2, 0) is 9.59 Å². The summed E-state index contributed by atoms with van der Waals surface area (Å²) in [4.78, 5) is 44.3. The van der Waals surface area contributed by atoms with E-state index < -0.39 is 11.8 Å². The van der Waals surface area contributed by atoms with Crippen LogP contribution in [0.1, 0.15) is 20.9 Å². The fourth-order valence-corrected chi connectivity index (χ4v) is 4.71. The molecule has 0 saturated heterocycles. The van der Waals surface area contributed by atoms with Gasteiger partial charge in [-0.2, -0.15) is 0 Å². The molecule has 1 aliphatic rings. The Labute approximate surface area is 218 Å². The van der Waals surface area contributed by atoms with Crippen LogP contribution in [0.15, 0.2) is 47.1 Å². The molecule has 12 heteroatoms. The smallest absolute Gasteiger partial charge is 0.283 e. The van der Waals surface area contributed by atoms with Gasteiger partial charge in [0, 0.05) is 16.1 Å². The van der Waals surface area contributed by atoms with Crippen molar-refractivity contribution in [1.82, 2.24) is 4.98 Å². The standard InChI is InChI=1S/C22H14Cl4N4O3S/c1-9-10(2)34-22(27-9)29-19(31)11-3-5-12(6-4-11)28-18-17(26)20(32)30(21(18)33)16-8-14(24)13(23)7-15(16)25/h3-8,28H,1-2H3,(H,27,29,31). The van der Waals surface area contributed by atoms with Crippen LogP contribution in [-0.4, -0.2) is 22.7 Å². The number of nitrogens with one attached hydrogen (secondary N) is 2. The molecule has 0 bridgehead atoms. The molecule has 0 atom stereocenters. The molecule has 2 aromatic carbocycles. The predicted molar refractivity (Wildman–Crippen MR) is 136 cm³/mol. The van der Waals surface area contributed by atoms with Crippen molar-refractivity contribution in [2.75, 3.05) is 15.5 Å². The normalized spacial score (nSPS) is 13.6. The molecule has 0 aliphatic carbocycles. The van der Waals surface area contributed by atoms with E-state index in [1.165, 1.54) is 23.5 Å². The van der Waals surface area contributed by atoms with Crippen LogP contribution in [0.4, 0.5) is 16.5 Å². The summed E-state index contributed by atoms with van der Waals surface area (Å²) in [6.45, 7) is 3.79. The maximum Gasteiger partial charge on any atom is 0.283 e. The Kier molecular flexibility index (Phi) is 6.89. The lowest BCUT2D eigenvalue weighted by Gasteiger charge is -2.17. The van der Waals surface area contributed by atoms with E-state index >= 15 is 0 Å². The molecule has 7 nitrogen and oxygen atoms in total. The largest absolute Gasteiger partial charge is 0.350 e. The van der Waals surface area contributed by atoms with E-state index in [1.807, 2.05) is 13.8 Å². The van der Waals surface area contributed by atoms with E-state index in [1.54, 1.807) is 24.3 Å². The second kappa shape index (κ2) is 9.56. The monoisotopic (exact) mass is 554 g/mol. The molecule has 4 rings (SSSR count). The van der Waals surface area contributed by atoms with Crippen molar-refractivity contribution < 1.29 is 14.4 Å². The van der Waals surface area contributed by atoms with E-state index in [9.17, 15) is 14.4 Å². The maximum atomic E-state index is 13.0. The van der Waals surface area contributed by atoms with E-state index in [0.717, 1.165) is 15.5 Å². The number of hydrogen-bond donors (Lipinski definition) is 2. The fraction of sp³-hybridized carbons (Fsp3) is 0.0909. The van der Waals surface area contributed by atoms with Gasteiger partial charge in [0.15, 0.2) is 5.13 Å². The Morgan fingerprint density at radius 3 is 2.21 bits per heavy atom. The van der Waals surface area contributed by atoms with Gasteiger partial charge in [0.05, 0.1) is 26.4 Å². The van der Waals surface area contributed by atoms with Crippen LogP contribution in [0, 0.1) is 13.8 Å². The molecule has 3 amide bonds. The Morgan fingerprint density at radius 2 is 1.59 bits per heavy atom. The molecule has 2 N–H and O–H groups in total. The van der Waals surface area contributed by atoms with E-state index in [-0.39, 0.29) is 37.4 Å². The van der Waals surface area contributed by atoms with Crippen LogP contribution >= 0.6 is 57.7 Å². The first-order valence-corrected chi connectivity index (χ1v) is 11.9. The molecule has 0 radical (unpaired) electrons. The van der Waals surface area contributed by atoms with E-state index in [2.05, 4.69) is 15.6 Å². The summed E-state index contributed by atoms with van der Waals surface area (Å²) in [6.07, 6.45) is 0. The third-order valence-corrected chi connectivity index (χ3v) is 7.29. The minimum absolute atomic E-state index is 0.0562. The van der Waals surface area contributed by atoms with Gasteiger partial charge >= 0.3 is 0 Å². The van der Waals surface area contributed by atoms with Gasteiger partial charge in [0.1, 0.15) is 10.7 Å². The molecule has 0 unspecified atom stereocenters. The van der Waals surface area contributed by atoms with Gasteiger partial charge in [0.25, 0.3) is 17.7 Å². The van der Waals surface area contributed by atoms with Crippen molar-refractivity contribution in [3.05, 3.63) is 78.3 Å². The molecule has 174 valence electrons. The van der Waals surface area contributed by atoms with Crippen molar-refractivity contribution >= 4 is 92.0 Å². The first-order chi connectivity index (χ1) is 16.1. The number of halogens is 4. The quantitative estimate of drug-likeness (QED) is 0.280. The summed E-state index contributed by atoms with van der Waals surface area (Å²) in [5.41, 5.74) is 1.60. The summed E-state index contributed by atoms with van der Waals surface area (Å²) in [7, 11) is 0. The highest BCUT2D eigenvalue weighted by Gasteiger charge is 2.40. The van der Waals surface area contributed by atoms with Gasteiger partial charge in [-0.1, -0.05) is 46.4 Å². The minimum Gasteiger partial charge on any atom is -0.350 e. The Balaban J connectivity index is 1.51. The lowest BCUT2D eigenvalue weighted by molar-refractivity contribution is -0.120. The summed E-state index contributed by atoms with van der Waals surface area (Å²) in [6, 6.07) is 8.93. The fourth-order valence-electron chi connectivity index (χ4n) is 3.06. The average molecular weight is 556 g/mol. The first-order valence-electron chi connectivity index (χ1n) is 9.62. The Morgan fingerprint density at radius 1 is 0.941 bits per heavy atom. The molecular weight excluding hydrogens is 542 g/mol. The number of aryl methyl sites for hydroxylation is 2. The van der Waals surface area contributed by atoms with Crippen molar-refractivity contribution in [1.29, 1.82) is 0 Å². The number of benzene rings is 2. The predicted octanol–water partition coefficient (Wildman–Crippen LogP) is 6.41. The van der Waals surface area contributed by atoms with Crippen LogP contribution in [0.5, 0.6) is 0 Å². The van der Waals surface area contributed by atoms with Crippen molar-refractivity contribution in [3.8, 4) is 0 Å². The SMILES string of the molecule is Cc1nc(NC(=O)c2ccc(NC3=C(Cl)C(=O)N(c4cc(Cl)c(Cl)cc4Cl)C3=O)cc2)sc1C. The summed E-state index contributed by atoms with van der Waals surface area (Å²) >= 11 is 25.7. The molecule has 34 heavy (non-hydrogen) atoms. The number of thiazole rings is 1. The topological polar surface area (TPSA) is 91.4 Å². The number of nitrogens with zero attached hydrogens (tertiary/aromatic N) is 2. The van der Waals surface area contributed by atoms with Gasteiger partial charge < -0.3 is 5.32 Å². The third kappa shape index (κ3) is 4.64. The van der Waals surface area contributed by atoms with Gasteiger partial charge in [-0.25, -0.2) is 9.88 Å². The molecule has 3 aromatic rings. The lowest BCUT2D eigenvalue weighted by Crippen LogP contribution is -2.32. The zero-order valence-corrected chi connectivity index (χ0v) is 21.3. The van der Waals surface area contributed by atoms with Crippen molar-refractivity contribution in [3.63, 3.8) is 0 Å². The van der Waals surface area contributed by atoms with Gasteiger partial charge in [0.2, 0.25) is 0 Å². The van der Waals surface area contributed by atoms with Crippen LogP contribution in [0.25, 0.3) is 0 Å². The van der Waals surface area contributed by atoms with Crippen LogP contribution in [0.2, 0.25) is 15.1 Å². The molecule has 1 aromatic heterocycles. The van der Waals surface area contributed by atoms with Crippen molar-refractivity contribution in [2.24, 2.45) is 0 Å². The number of hydrogen-bond acceptors (Lipinski definition) is 6. The summed E-state index contributed by atoms with van der Waals surface area (Å²) in [5.74, 6) is -1.81. The van der Waals surface area contributed by atoms with E-state index in [0.29, 0.717) is 16.4 Å². The maximum absolute atomic E-state index is 13.0. The molecule has 0 saturated carbocycles. The minimum atomic E-state index is -0.764. The number of imide groups is 1. The number of amides is 3. The second-order valence-electron chi connectivity index (χ2n) is 7.17. The van der Waals surface area contributed by atoms with Gasteiger partial charge in [-0.3, -0.25) is 19.7 Å². The van der Waals surface area contributed by atoms with Crippen LogP contribution in [0.3, 0.4) is 0 Å². The molecule has 0 fully saturated rings. The molecule has 0 spiro atoms. The van der Waals surface area contributed by atoms with Gasteiger partial charge in [-0.05, 0) is 50.2 Å². The van der Waals surface area contributed by atoms with Crippen molar-refractivity contribution in [2.45, 2.75) is 13.8 Å². The first kappa shape index (κ1) is 24.5. The summed E-state index contributed by atoms with van der Waals surface area (Å²) in [5, 5.41) is 6.13. The van der Waals surface area contributed by atoms with E-state index in [4.69, 9.17) is 46.4 Å². The number of anilines is 3. The zero-order valence-electron chi connectivity index (χ0n) is 17.5. The highest BCUT2D eigenvalue weighted by Crippen LogP contribution is 2.38. The molecule has 2 heterocycles. The number of carbonyl (C=O) groups excluding carboxylic acids is 3. The Hall–Kier alpha value is -2.62. The lowest BCUT2D eigenvalue weighted by atomic mass is 10.2.